The zero-order valence-corrected chi connectivity index (χ0v) is 16.3. The Balaban J connectivity index is 2.13. The third-order valence-corrected chi connectivity index (χ3v) is 5.64. The Labute approximate surface area is 161 Å². The zero-order valence-electron chi connectivity index (χ0n) is 13.9. The number of benzene rings is 2. The van der Waals surface area contributed by atoms with Crippen molar-refractivity contribution >= 4 is 39.2 Å². The van der Waals surface area contributed by atoms with Gasteiger partial charge in [0.15, 0.2) is 0 Å². The highest BCUT2D eigenvalue weighted by atomic mass is 35.5. The van der Waals surface area contributed by atoms with Crippen molar-refractivity contribution in [3.8, 4) is 0 Å². The van der Waals surface area contributed by atoms with Crippen molar-refractivity contribution in [2.45, 2.75) is 18.7 Å². The van der Waals surface area contributed by atoms with Crippen LogP contribution >= 0.6 is 23.2 Å². The maximum Gasteiger partial charge on any atom is 0.337 e. The maximum atomic E-state index is 13.6. The van der Waals surface area contributed by atoms with Crippen LogP contribution in [0.15, 0.2) is 36.4 Å². The molecule has 0 aliphatic carbocycles. The summed E-state index contributed by atoms with van der Waals surface area (Å²) in [6.45, 7) is 1.55. The molecule has 0 fully saturated rings. The summed E-state index contributed by atoms with van der Waals surface area (Å²) in [4.78, 5) is 11.4. The molecular weight excluding hydrogens is 404 g/mol. The van der Waals surface area contributed by atoms with Crippen molar-refractivity contribution in [3.05, 3.63) is 69.0 Å². The highest BCUT2D eigenvalue weighted by Crippen LogP contribution is 2.29. The number of esters is 1. The normalized spacial score (nSPS) is 12.7. The van der Waals surface area contributed by atoms with Gasteiger partial charge in [-0.15, -0.1) is 0 Å². The number of methoxy groups -OCH3 is 1. The molecule has 0 amide bonds. The second-order valence-corrected chi connectivity index (χ2v) is 8.14. The van der Waals surface area contributed by atoms with Gasteiger partial charge >= 0.3 is 5.97 Å². The first-order chi connectivity index (χ1) is 12.1. The van der Waals surface area contributed by atoms with Crippen molar-refractivity contribution in [2.75, 3.05) is 7.11 Å². The van der Waals surface area contributed by atoms with Crippen LogP contribution in [0.3, 0.4) is 0 Å². The summed E-state index contributed by atoms with van der Waals surface area (Å²) >= 11 is 11.7. The number of hydrogen-bond acceptors (Lipinski definition) is 4. The minimum absolute atomic E-state index is 0.139. The zero-order chi connectivity index (χ0) is 19.5. The summed E-state index contributed by atoms with van der Waals surface area (Å²) in [5, 5.41) is 0.0218. The largest absolute Gasteiger partial charge is 0.465 e. The molecule has 0 aromatic heterocycles. The highest BCUT2D eigenvalue weighted by molar-refractivity contribution is 7.88. The van der Waals surface area contributed by atoms with E-state index in [1.54, 1.807) is 6.92 Å². The van der Waals surface area contributed by atoms with E-state index in [4.69, 9.17) is 23.2 Å². The summed E-state index contributed by atoms with van der Waals surface area (Å²) in [5.74, 6) is -1.51. The van der Waals surface area contributed by atoms with Crippen LogP contribution in [0.4, 0.5) is 4.39 Å². The van der Waals surface area contributed by atoms with Gasteiger partial charge in [0, 0.05) is 11.1 Å². The van der Waals surface area contributed by atoms with E-state index in [0.29, 0.717) is 11.1 Å². The molecule has 1 atom stereocenters. The van der Waals surface area contributed by atoms with Gasteiger partial charge in [-0.2, -0.15) is 0 Å². The molecule has 2 aromatic carbocycles. The number of halogens is 3. The van der Waals surface area contributed by atoms with Gasteiger partial charge in [0.1, 0.15) is 5.82 Å². The van der Waals surface area contributed by atoms with Crippen LogP contribution in [0.2, 0.25) is 10.0 Å². The summed E-state index contributed by atoms with van der Waals surface area (Å²) in [6, 6.07) is 7.56. The summed E-state index contributed by atoms with van der Waals surface area (Å²) in [5.41, 5.74) is 1.07. The van der Waals surface area contributed by atoms with Crippen molar-refractivity contribution in [2.24, 2.45) is 0 Å². The number of sulfonamides is 1. The molecule has 0 heterocycles. The van der Waals surface area contributed by atoms with Gasteiger partial charge in [-0.3, -0.25) is 0 Å². The van der Waals surface area contributed by atoms with Gasteiger partial charge in [-0.1, -0.05) is 35.3 Å². The minimum Gasteiger partial charge on any atom is -0.465 e. The van der Waals surface area contributed by atoms with Gasteiger partial charge in [-0.05, 0) is 42.3 Å². The molecule has 140 valence electrons. The van der Waals surface area contributed by atoms with E-state index in [-0.39, 0.29) is 21.4 Å². The Morgan fingerprint density at radius 3 is 2.38 bits per heavy atom. The van der Waals surface area contributed by atoms with Crippen LogP contribution in [0.25, 0.3) is 0 Å². The Bertz CT molecular complexity index is 917. The quantitative estimate of drug-likeness (QED) is 0.564. The van der Waals surface area contributed by atoms with E-state index in [2.05, 4.69) is 9.46 Å². The molecule has 0 bridgehead atoms. The lowest BCUT2D eigenvalue weighted by Gasteiger charge is -2.16. The smallest absolute Gasteiger partial charge is 0.337 e. The molecule has 2 rings (SSSR count). The standard InChI is InChI=1S/C17H16Cl2FNO4S/c1-10(13-7-16(20)15(19)8-14(13)18)21-26(23,24)9-11-3-5-12(6-4-11)17(22)25-2/h3-8,10,21H,9H2,1-2H3. The second kappa shape index (κ2) is 8.35. The van der Waals surface area contributed by atoms with E-state index >= 15 is 0 Å². The Morgan fingerprint density at radius 2 is 1.81 bits per heavy atom. The second-order valence-electron chi connectivity index (χ2n) is 5.57. The predicted molar refractivity (Wildman–Crippen MR) is 98.4 cm³/mol. The van der Waals surface area contributed by atoms with E-state index < -0.39 is 27.9 Å². The predicted octanol–water partition coefficient (Wildman–Crippen LogP) is 4.10. The van der Waals surface area contributed by atoms with Gasteiger partial charge in [-0.25, -0.2) is 22.3 Å². The van der Waals surface area contributed by atoms with Crippen molar-refractivity contribution < 1.29 is 22.3 Å². The van der Waals surface area contributed by atoms with Crippen LogP contribution in [0.1, 0.15) is 34.5 Å². The molecule has 0 aliphatic heterocycles. The topological polar surface area (TPSA) is 72.5 Å². The molecule has 0 spiro atoms. The Hall–Kier alpha value is -1.67. The molecule has 1 N–H and O–H groups in total. The fraction of sp³-hybridized carbons (Fsp3) is 0.235. The van der Waals surface area contributed by atoms with Crippen LogP contribution in [-0.2, 0) is 20.5 Å². The molecule has 0 radical (unpaired) electrons. The summed E-state index contributed by atoms with van der Waals surface area (Å²) in [7, 11) is -2.48. The molecule has 26 heavy (non-hydrogen) atoms. The molecule has 1 unspecified atom stereocenters. The average Bonchev–Trinajstić information content (AvgIpc) is 2.57. The number of hydrogen-bond donors (Lipinski definition) is 1. The third-order valence-electron chi connectivity index (χ3n) is 3.59. The summed E-state index contributed by atoms with van der Waals surface area (Å²) < 4.78 is 45.4. The third kappa shape index (κ3) is 5.17. The van der Waals surface area contributed by atoms with Crippen molar-refractivity contribution in [1.82, 2.24) is 4.72 Å². The van der Waals surface area contributed by atoms with Crippen molar-refractivity contribution in [3.63, 3.8) is 0 Å². The average molecular weight is 420 g/mol. The van der Waals surface area contributed by atoms with Gasteiger partial charge < -0.3 is 4.74 Å². The monoisotopic (exact) mass is 419 g/mol. The van der Waals surface area contributed by atoms with E-state index in [0.717, 1.165) is 6.07 Å². The SMILES string of the molecule is COC(=O)c1ccc(CS(=O)(=O)NC(C)c2cc(F)c(Cl)cc2Cl)cc1. The molecule has 2 aromatic rings. The number of ether oxygens (including phenoxy) is 1. The van der Waals surface area contributed by atoms with Crippen LogP contribution in [0.5, 0.6) is 0 Å². The molecular formula is C17H16Cl2FNO4S. The molecule has 0 saturated carbocycles. The Morgan fingerprint density at radius 1 is 1.19 bits per heavy atom. The first kappa shape index (κ1) is 20.6. The van der Waals surface area contributed by atoms with Crippen LogP contribution in [0, 0.1) is 5.82 Å². The van der Waals surface area contributed by atoms with Gasteiger partial charge in [0.25, 0.3) is 0 Å². The molecule has 0 aliphatic rings. The van der Waals surface area contributed by atoms with E-state index in [1.165, 1.54) is 37.4 Å². The first-order valence-corrected chi connectivity index (χ1v) is 9.85. The summed E-state index contributed by atoms with van der Waals surface area (Å²) in [6.07, 6.45) is 0. The van der Waals surface area contributed by atoms with Gasteiger partial charge in [0.05, 0.1) is 23.4 Å². The highest BCUT2D eigenvalue weighted by Gasteiger charge is 2.20. The van der Waals surface area contributed by atoms with Crippen LogP contribution in [-0.4, -0.2) is 21.5 Å². The number of carbonyl (C=O) groups excluding carboxylic acids is 1. The number of carbonyl (C=O) groups is 1. The number of rotatable bonds is 6. The Kier molecular flexibility index (Phi) is 6.63. The van der Waals surface area contributed by atoms with E-state index in [1.807, 2.05) is 0 Å². The first-order valence-electron chi connectivity index (χ1n) is 7.44. The molecule has 9 heteroatoms. The van der Waals surface area contributed by atoms with Crippen molar-refractivity contribution in [1.29, 1.82) is 0 Å². The lowest BCUT2D eigenvalue weighted by atomic mass is 10.1. The maximum absolute atomic E-state index is 13.6. The minimum atomic E-state index is -3.74. The molecule has 0 saturated heterocycles. The fourth-order valence-electron chi connectivity index (χ4n) is 2.32. The molecule has 5 nitrogen and oxygen atoms in total. The fourth-order valence-corrected chi connectivity index (χ4v) is 4.25. The lowest BCUT2D eigenvalue weighted by Crippen LogP contribution is -2.28. The van der Waals surface area contributed by atoms with Gasteiger partial charge in [0.2, 0.25) is 10.0 Å². The number of nitrogens with one attached hydrogen (secondary N) is 1. The lowest BCUT2D eigenvalue weighted by molar-refractivity contribution is 0.0600. The van der Waals surface area contributed by atoms with E-state index in [9.17, 15) is 17.6 Å². The van der Waals surface area contributed by atoms with Crippen LogP contribution < -0.4 is 4.72 Å².